The van der Waals surface area contributed by atoms with Gasteiger partial charge in [0, 0.05) is 11.2 Å². The summed E-state index contributed by atoms with van der Waals surface area (Å²) in [7, 11) is 0. The molecule has 3 nitrogen and oxygen atoms in total. The quantitative estimate of drug-likeness (QED) is 0.727. The lowest BCUT2D eigenvalue weighted by molar-refractivity contribution is 0.474. The van der Waals surface area contributed by atoms with Crippen molar-refractivity contribution >= 4 is 33.2 Å². The highest BCUT2D eigenvalue weighted by molar-refractivity contribution is 7.21. The Balaban J connectivity index is 2.22. The van der Waals surface area contributed by atoms with Crippen LogP contribution in [0.5, 0.6) is 5.75 Å². The van der Waals surface area contributed by atoms with Gasteiger partial charge in [-0.15, -0.1) is 11.3 Å². The van der Waals surface area contributed by atoms with Gasteiger partial charge in [0.25, 0.3) is 0 Å². The topological polar surface area (TPSA) is 46.0 Å². The van der Waals surface area contributed by atoms with Crippen molar-refractivity contribution in [1.29, 1.82) is 0 Å². The van der Waals surface area contributed by atoms with Gasteiger partial charge in [-0.05, 0) is 24.3 Å². The molecule has 0 fully saturated rings. The monoisotopic (exact) mass is 262 g/mol. The molecule has 0 spiro atoms. The van der Waals surface area contributed by atoms with E-state index in [0.717, 1.165) is 15.2 Å². The third-order valence-corrected chi connectivity index (χ3v) is 3.68. The summed E-state index contributed by atoms with van der Waals surface area (Å²) in [6.07, 6.45) is 3.04. The lowest BCUT2D eigenvalue weighted by Gasteiger charge is -1.97. The van der Waals surface area contributed by atoms with Crippen LogP contribution in [-0.4, -0.2) is 15.1 Å². The molecule has 0 aliphatic heterocycles. The molecule has 0 aliphatic carbocycles. The second kappa shape index (κ2) is 3.98. The fraction of sp³-hybridized carbons (Fsp3) is 0. The number of hydrogen-bond donors (Lipinski definition) is 1. The average molecular weight is 263 g/mol. The highest BCUT2D eigenvalue weighted by atomic mass is 35.5. The molecule has 0 atom stereocenters. The Kier molecular flexibility index (Phi) is 2.46. The molecule has 0 bridgehead atoms. The van der Waals surface area contributed by atoms with Gasteiger partial charge in [-0.1, -0.05) is 11.6 Å². The number of rotatable bonds is 1. The van der Waals surface area contributed by atoms with Gasteiger partial charge >= 0.3 is 0 Å². The first-order valence-corrected chi connectivity index (χ1v) is 6.13. The van der Waals surface area contributed by atoms with Crippen molar-refractivity contribution < 1.29 is 5.11 Å². The van der Waals surface area contributed by atoms with Crippen LogP contribution >= 0.6 is 22.9 Å². The molecule has 5 heteroatoms. The molecule has 0 aliphatic rings. The lowest BCUT2D eigenvalue weighted by Crippen LogP contribution is -1.78. The molecule has 0 unspecified atom stereocenters. The van der Waals surface area contributed by atoms with Gasteiger partial charge in [-0.3, -0.25) is 4.98 Å². The average Bonchev–Trinajstić information content (AvgIpc) is 2.72. The van der Waals surface area contributed by atoms with Gasteiger partial charge in [0.1, 0.15) is 10.8 Å². The fourth-order valence-corrected chi connectivity index (χ4v) is 2.73. The maximum Gasteiger partial charge on any atom is 0.144 e. The Morgan fingerprint density at radius 3 is 2.94 bits per heavy atom. The summed E-state index contributed by atoms with van der Waals surface area (Å²) in [4.78, 5) is 8.30. The molecule has 2 heterocycles. The Morgan fingerprint density at radius 1 is 1.24 bits per heavy atom. The number of aromatic nitrogens is 2. The minimum absolute atomic E-state index is 0.137. The maximum atomic E-state index is 9.72. The largest absolute Gasteiger partial charge is 0.506 e. The van der Waals surface area contributed by atoms with E-state index in [1.54, 1.807) is 12.3 Å². The van der Waals surface area contributed by atoms with Crippen LogP contribution in [0.2, 0.25) is 5.02 Å². The number of aromatic hydroxyl groups is 1. The number of pyridine rings is 1. The molecule has 3 rings (SSSR count). The molecule has 0 radical (unpaired) electrons. The Morgan fingerprint density at radius 2 is 2.12 bits per heavy atom. The van der Waals surface area contributed by atoms with Gasteiger partial charge in [-0.25, -0.2) is 4.98 Å². The third-order valence-electron chi connectivity index (χ3n) is 2.38. The van der Waals surface area contributed by atoms with E-state index in [1.807, 2.05) is 18.2 Å². The zero-order valence-electron chi connectivity index (χ0n) is 8.59. The van der Waals surface area contributed by atoms with E-state index in [-0.39, 0.29) is 5.75 Å². The van der Waals surface area contributed by atoms with Crippen molar-refractivity contribution in [2.24, 2.45) is 0 Å². The van der Waals surface area contributed by atoms with Crippen molar-refractivity contribution in [3.8, 4) is 16.3 Å². The van der Waals surface area contributed by atoms with Crippen LogP contribution in [0.4, 0.5) is 0 Å². The number of hydrogen-bond acceptors (Lipinski definition) is 4. The van der Waals surface area contributed by atoms with E-state index in [1.165, 1.54) is 17.5 Å². The molecule has 1 N–H and O–H groups in total. The zero-order chi connectivity index (χ0) is 11.8. The van der Waals surface area contributed by atoms with Crippen LogP contribution in [0.25, 0.3) is 20.8 Å². The highest BCUT2D eigenvalue weighted by Gasteiger charge is 2.10. The highest BCUT2D eigenvalue weighted by Crippen LogP contribution is 2.35. The second-order valence-electron chi connectivity index (χ2n) is 3.52. The first kappa shape index (κ1) is 10.5. The molecule has 2 aromatic heterocycles. The number of nitrogens with zero attached hydrogens (tertiary/aromatic N) is 2. The summed E-state index contributed by atoms with van der Waals surface area (Å²) < 4.78 is 1.04. The standard InChI is InChI=1S/C12H7ClN2OS/c13-7-1-2-11-9(5-7)15-12(17-11)8-3-4-14-6-10(8)16/h1-6,16H. The van der Waals surface area contributed by atoms with E-state index in [2.05, 4.69) is 9.97 Å². The Hall–Kier alpha value is -1.65. The minimum Gasteiger partial charge on any atom is -0.506 e. The fourth-order valence-electron chi connectivity index (χ4n) is 1.58. The Labute approximate surface area is 106 Å². The predicted molar refractivity (Wildman–Crippen MR) is 69.5 cm³/mol. The first-order chi connectivity index (χ1) is 8.24. The molecule has 0 amide bonds. The first-order valence-electron chi connectivity index (χ1n) is 4.93. The summed E-state index contributed by atoms with van der Waals surface area (Å²) in [6.45, 7) is 0. The van der Waals surface area contributed by atoms with E-state index < -0.39 is 0 Å². The smallest absolute Gasteiger partial charge is 0.144 e. The van der Waals surface area contributed by atoms with Crippen molar-refractivity contribution in [1.82, 2.24) is 9.97 Å². The SMILES string of the molecule is Oc1cnccc1-c1nc2cc(Cl)ccc2s1. The number of thiazole rings is 1. The van der Waals surface area contributed by atoms with Gasteiger partial charge in [0.05, 0.1) is 22.0 Å². The van der Waals surface area contributed by atoms with Crippen molar-refractivity contribution in [3.63, 3.8) is 0 Å². The predicted octanol–water partition coefficient (Wildman–Crippen LogP) is 3.72. The van der Waals surface area contributed by atoms with Gasteiger partial charge in [-0.2, -0.15) is 0 Å². The lowest BCUT2D eigenvalue weighted by atomic mass is 10.2. The van der Waals surface area contributed by atoms with Crippen molar-refractivity contribution in [3.05, 3.63) is 41.7 Å². The van der Waals surface area contributed by atoms with Crippen LogP contribution in [0.1, 0.15) is 0 Å². The van der Waals surface area contributed by atoms with Crippen LogP contribution in [0, 0.1) is 0 Å². The van der Waals surface area contributed by atoms with E-state index in [4.69, 9.17) is 11.6 Å². The molecule has 0 saturated carbocycles. The van der Waals surface area contributed by atoms with Gasteiger partial charge in [0.2, 0.25) is 0 Å². The molecule has 17 heavy (non-hydrogen) atoms. The normalized spacial score (nSPS) is 10.9. The number of halogens is 1. The molecule has 1 aromatic carbocycles. The molecule has 0 saturated heterocycles. The van der Waals surface area contributed by atoms with E-state index in [0.29, 0.717) is 10.6 Å². The van der Waals surface area contributed by atoms with Crippen molar-refractivity contribution in [2.75, 3.05) is 0 Å². The van der Waals surface area contributed by atoms with E-state index >= 15 is 0 Å². The van der Waals surface area contributed by atoms with Crippen molar-refractivity contribution in [2.45, 2.75) is 0 Å². The summed E-state index contributed by atoms with van der Waals surface area (Å²) in [6, 6.07) is 7.32. The minimum atomic E-state index is 0.137. The van der Waals surface area contributed by atoms with Crippen LogP contribution in [0.15, 0.2) is 36.7 Å². The Bertz CT molecular complexity index is 696. The van der Waals surface area contributed by atoms with Crippen LogP contribution in [-0.2, 0) is 0 Å². The zero-order valence-corrected chi connectivity index (χ0v) is 10.2. The van der Waals surface area contributed by atoms with E-state index in [9.17, 15) is 5.11 Å². The summed E-state index contributed by atoms with van der Waals surface area (Å²) in [5.41, 5.74) is 1.53. The van der Waals surface area contributed by atoms with Gasteiger partial charge < -0.3 is 5.11 Å². The summed E-state index contributed by atoms with van der Waals surface area (Å²) >= 11 is 7.43. The summed E-state index contributed by atoms with van der Waals surface area (Å²) in [5.74, 6) is 0.137. The molecule has 84 valence electrons. The van der Waals surface area contributed by atoms with Gasteiger partial charge in [0.15, 0.2) is 0 Å². The molecular weight excluding hydrogens is 256 g/mol. The number of fused-ring (bicyclic) bond motifs is 1. The van der Waals surface area contributed by atoms with Crippen LogP contribution < -0.4 is 0 Å². The van der Waals surface area contributed by atoms with Crippen LogP contribution in [0.3, 0.4) is 0 Å². The molecule has 3 aromatic rings. The third kappa shape index (κ3) is 1.85. The molecular formula is C12H7ClN2OS. The maximum absolute atomic E-state index is 9.72. The summed E-state index contributed by atoms with van der Waals surface area (Å²) in [5, 5.41) is 11.1. The number of benzene rings is 1. The second-order valence-corrected chi connectivity index (χ2v) is 4.99.